The summed E-state index contributed by atoms with van der Waals surface area (Å²) in [4.78, 5) is 15.4. The number of carbonyl (C=O) groups excluding carboxylic acids is 1. The Kier molecular flexibility index (Phi) is 6.60. The number of ether oxygens (including phenoxy) is 4. The van der Waals surface area contributed by atoms with Crippen LogP contribution in [-0.4, -0.2) is 56.5 Å². The maximum absolute atomic E-state index is 13.3. The molecular formula is C23H33NO5. The highest BCUT2D eigenvalue weighted by Gasteiger charge is 2.40. The molecule has 2 aliphatic heterocycles. The minimum absolute atomic E-state index is 0.00671. The molecule has 3 aliphatic rings. The van der Waals surface area contributed by atoms with Crippen LogP contribution in [0, 0.1) is 0 Å². The Morgan fingerprint density at radius 3 is 2.79 bits per heavy atom. The molecule has 2 atom stereocenters. The molecule has 160 valence electrons. The van der Waals surface area contributed by atoms with Crippen molar-refractivity contribution in [2.24, 2.45) is 0 Å². The first-order chi connectivity index (χ1) is 14.2. The lowest BCUT2D eigenvalue weighted by atomic mass is 10.00. The Hall–Kier alpha value is -1.79. The molecule has 0 aromatic heterocycles. The first-order valence-electron chi connectivity index (χ1n) is 11.0. The van der Waals surface area contributed by atoms with E-state index in [1.165, 1.54) is 5.56 Å². The molecule has 1 saturated heterocycles. The van der Waals surface area contributed by atoms with Crippen molar-refractivity contribution < 1.29 is 23.7 Å². The van der Waals surface area contributed by atoms with Gasteiger partial charge in [-0.2, -0.15) is 0 Å². The summed E-state index contributed by atoms with van der Waals surface area (Å²) in [7, 11) is 1.70. The highest BCUT2D eigenvalue weighted by atomic mass is 16.5. The van der Waals surface area contributed by atoms with Gasteiger partial charge in [0.05, 0.1) is 19.3 Å². The number of nitrogens with zero attached hydrogens (tertiary/aromatic N) is 1. The van der Waals surface area contributed by atoms with Crippen LogP contribution in [-0.2, 0) is 20.7 Å². The standard InChI is InChI=1S/C23H33NO5/c1-16(24(19-7-8-19)23(25)20-6-3-4-11-27-20)18-14-17-9-13-29-22(17)21(15-18)28-12-5-10-26-2/h14-16,19-20H,3-13H2,1-2H3/t16-,20+/m0/s1. The predicted octanol–water partition coefficient (Wildman–Crippen LogP) is 3.66. The van der Waals surface area contributed by atoms with E-state index in [2.05, 4.69) is 24.0 Å². The summed E-state index contributed by atoms with van der Waals surface area (Å²) in [6.07, 6.45) is 6.55. The molecule has 0 bridgehead atoms. The first-order valence-corrected chi connectivity index (χ1v) is 11.0. The Bertz CT molecular complexity index is 711. The van der Waals surface area contributed by atoms with E-state index in [4.69, 9.17) is 18.9 Å². The zero-order chi connectivity index (χ0) is 20.2. The van der Waals surface area contributed by atoms with Crippen LogP contribution in [0.3, 0.4) is 0 Å². The van der Waals surface area contributed by atoms with Gasteiger partial charge in [-0.25, -0.2) is 0 Å². The zero-order valence-corrected chi connectivity index (χ0v) is 17.7. The third-order valence-electron chi connectivity index (χ3n) is 6.07. The van der Waals surface area contributed by atoms with Crippen LogP contribution in [0.1, 0.15) is 62.6 Å². The normalized spacial score (nSPS) is 21.9. The summed E-state index contributed by atoms with van der Waals surface area (Å²) < 4.78 is 22.8. The van der Waals surface area contributed by atoms with E-state index in [0.29, 0.717) is 32.5 Å². The molecule has 2 fully saturated rings. The number of hydrogen-bond acceptors (Lipinski definition) is 5. The van der Waals surface area contributed by atoms with Gasteiger partial charge in [-0.3, -0.25) is 4.79 Å². The van der Waals surface area contributed by atoms with E-state index in [9.17, 15) is 4.79 Å². The zero-order valence-electron chi connectivity index (χ0n) is 17.7. The molecule has 0 N–H and O–H groups in total. The average Bonchev–Trinajstić information content (AvgIpc) is 3.46. The quantitative estimate of drug-likeness (QED) is 0.589. The molecule has 0 spiro atoms. The monoisotopic (exact) mass is 403 g/mol. The molecule has 1 aromatic rings. The Balaban J connectivity index is 1.54. The summed E-state index contributed by atoms with van der Waals surface area (Å²) in [5, 5.41) is 0. The number of methoxy groups -OCH3 is 1. The molecule has 1 saturated carbocycles. The van der Waals surface area contributed by atoms with Gasteiger partial charge >= 0.3 is 0 Å². The van der Waals surface area contributed by atoms with Crippen LogP contribution >= 0.6 is 0 Å². The third-order valence-corrected chi connectivity index (χ3v) is 6.07. The molecule has 1 aliphatic carbocycles. The van der Waals surface area contributed by atoms with Gasteiger partial charge in [0.15, 0.2) is 11.5 Å². The van der Waals surface area contributed by atoms with Gasteiger partial charge in [-0.15, -0.1) is 0 Å². The second kappa shape index (κ2) is 9.35. The van der Waals surface area contributed by atoms with Crippen molar-refractivity contribution in [1.82, 2.24) is 4.90 Å². The fourth-order valence-electron chi connectivity index (χ4n) is 4.33. The van der Waals surface area contributed by atoms with Gasteiger partial charge < -0.3 is 23.8 Å². The van der Waals surface area contributed by atoms with Crippen LogP contribution in [0.4, 0.5) is 0 Å². The summed E-state index contributed by atoms with van der Waals surface area (Å²) in [6, 6.07) is 4.58. The van der Waals surface area contributed by atoms with Crippen molar-refractivity contribution >= 4 is 5.91 Å². The van der Waals surface area contributed by atoms with E-state index in [1.54, 1.807) is 7.11 Å². The van der Waals surface area contributed by atoms with Crippen molar-refractivity contribution in [3.63, 3.8) is 0 Å². The lowest BCUT2D eigenvalue weighted by Crippen LogP contribution is -2.44. The fraction of sp³-hybridized carbons (Fsp3) is 0.696. The fourth-order valence-corrected chi connectivity index (χ4v) is 4.33. The van der Waals surface area contributed by atoms with E-state index in [0.717, 1.165) is 62.0 Å². The van der Waals surface area contributed by atoms with E-state index in [1.807, 2.05) is 0 Å². The topological polar surface area (TPSA) is 57.2 Å². The van der Waals surface area contributed by atoms with E-state index in [-0.39, 0.29) is 18.1 Å². The summed E-state index contributed by atoms with van der Waals surface area (Å²) in [5.74, 6) is 1.80. The predicted molar refractivity (Wildman–Crippen MR) is 110 cm³/mol. The second-order valence-electron chi connectivity index (χ2n) is 8.31. The molecule has 6 nitrogen and oxygen atoms in total. The van der Waals surface area contributed by atoms with Gasteiger partial charge in [0, 0.05) is 44.8 Å². The molecule has 4 rings (SSSR count). The second-order valence-corrected chi connectivity index (χ2v) is 8.31. The number of benzene rings is 1. The Labute approximate surface area is 173 Å². The third kappa shape index (κ3) is 4.69. The molecule has 2 heterocycles. The van der Waals surface area contributed by atoms with Crippen LogP contribution in [0.15, 0.2) is 12.1 Å². The van der Waals surface area contributed by atoms with Crippen LogP contribution < -0.4 is 9.47 Å². The molecule has 29 heavy (non-hydrogen) atoms. The Morgan fingerprint density at radius 1 is 1.21 bits per heavy atom. The average molecular weight is 404 g/mol. The molecule has 0 unspecified atom stereocenters. The lowest BCUT2D eigenvalue weighted by molar-refractivity contribution is -0.149. The van der Waals surface area contributed by atoms with Crippen molar-refractivity contribution in [1.29, 1.82) is 0 Å². The Morgan fingerprint density at radius 2 is 2.07 bits per heavy atom. The molecule has 0 radical (unpaired) electrons. The largest absolute Gasteiger partial charge is 0.490 e. The number of hydrogen-bond donors (Lipinski definition) is 0. The SMILES string of the molecule is COCCCOc1cc([C@H](C)N(C(=O)[C@H]2CCCCO2)C2CC2)cc2c1OCC2. The van der Waals surface area contributed by atoms with Gasteiger partial charge in [-0.05, 0) is 56.7 Å². The highest BCUT2D eigenvalue weighted by Crippen LogP contribution is 2.42. The smallest absolute Gasteiger partial charge is 0.252 e. The van der Waals surface area contributed by atoms with Crippen molar-refractivity contribution in [2.75, 3.05) is 33.5 Å². The van der Waals surface area contributed by atoms with E-state index < -0.39 is 0 Å². The maximum Gasteiger partial charge on any atom is 0.252 e. The lowest BCUT2D eigenvalue weighted by Gasteiger charge is -2.34. The van der Waals surface area contributed by atoms with E-state index >= 15 is 0 Å². The maximum atomic E-state index is 13.3. The van der Waals surface area contributed by atoms with Gasteiger partial charge in [0.25, 0.3) is 5.91 Å². The number of carbonyl (C=O) groups is 1. The molecule has 1 amide bonds. The minimum atomic E-state index is -0.283. The number of fused-ring (bicyclic) bond motifs is 1. The van der Waals surface area contributed by atoms with Gasteiger partial charge in [-0.1, -0.05) is 0 Å². The molecular weight excluding hydrogens is 370 g/mol. The summed E-state index contributed by atoms with van der Waals surface area (Å²) >= 11 is 0. The number of amides is 1. The van der Waals surface area contributed by atoms with Crippen LogP contribution in [0.25, 0.3) is 0 Å². The van der Waals surface area contributed by atoms with Crippen LogP contribution in [0.5, 0.6) is 11.5 Å². The van der Waals surface area contributed by atoms with Crippen molar-refractivity contribution in [3.8, 4) is 11.5 Å². The highest BCUT2D eigenvalue weighted by molar-refractivity contribution is 5.82. The van der Waals surface area contributed by atoms with Gasteiger partial charge in [0.2, 0.25) is 0 Å². The first kappa shape index (κ1) is 20.5. The van der Waals surface area contributed by atoms with Crippen molar-refractivity contribution in [2.45, 2.75) is 70.1 Å². The summed E-state index contributed by atoms with van der Waals surface area (Å²) in [5.41, 5.74) is 2.29. The van der Waals surface area contributed by atoms with Crippen molar-refractivity contribution in [3.05, 3.63) is 23.3 Å². The molecule has 1 aromatic carbocycles. The summed E-state index contributed by atoms with van der Waals surface area (Å²) in [6.45, 7) is 4.76. The van der Waals surface area contributed by atoms with Gasteiger partial charge in [0.1, 0.15) is 6.10 Å². The number of rotatable bonds is 9. The minimum Gasteiger partial charge on any atom is -0.490 e. The molecule has 6 heteroatoms. The van der Waals surface area contributed by atoms with Crippen LogP contribution in [0.2, 0.25) is 0 Å².